The second-order valence-electron chi connectivity index (χ2n) is 5.82. The number of amides is 3. The van der Waals surface area contributed by atoms with Crippen molar-refractivity contribution < 1.29 is 18.8 Å². The molecule has 0 aliphatic carbocycles. The number of thioether (sulfide) groups is 1. The van der Waals surface area contributed by atoms with Crippen molar-refractivity contribution >= 4 is 46.2 Å². The lowest BCUT2D eigenvalue weighted by atomic mass is 10.1. The zero-order chi connectivity index (χ0) is 18.8. The van der Waals surface area contributed by atoms with Crippen LogP contribution in [0, 0.1) is 20.8 Å². The largest absolute Gasteiger partial charge is 0.466 e. The van der Waals surface area contributed by atoms with E-state index in [-0.39, 0.29) is 30.1 Å². The summed E-state index contributed by atoms with van der Waals surface area (Å²) in [5, 5.41) is 4.34. The van der Waals surface area contributed by atoms with E-state index in [2.05, 4.69) is 5.32 Å². The Morgan fingerprint density at radius 1 is 1.27 bits per heavy atom. The van der Waals surface area contributed by atoms with Crippen molar-refractivity contribution in [2.45, 2.75) is 20.8 Å². The van der Waals surface area contributed by atoms with E-state index in [0.717, 1.165) is 27.1 Å². The van der Waals surface area contributed by atoms with Gasteiger partial charge in [-0.15, -0.1) is 11.3 Å². The van der Waals surface area contributed by atoms with E-state index in [1.807, 2.05) is 24.4 Å². The van der Waals surface area contributed by atoms with Crippen molar-refractivity contribution in [1.29, 1.82) is 0 Å². The highest BCUT2D eigenvalue weighted by atomic mass is 32.2. The Bertz CT molecular complexity index is 897. The molecule has 0 atom stereocenters. The number of carbonyl (C=O) groups excluding carboxylic acids is 3. The van der Waals surface area contributed by atoms with Gasteiger partial charge in [-0.1, -0.05) is 6.07 Å². The monoisotopic (exact) mass is 390 g/mol. The Balaban J connectivity index is 1.60. The molecule has 2 aromatic heterocycles. The Labute approximate surface area is 159 Å². The van der Waals surface area contributed by atoms with Gasteiger partial charge in [-0.2, -0.15) is 0 Å². The predicted molar refractivity (Wildman–Crippen MR) is 102 cm³/mol. The van der Waals surface area contributed by atoms with Gasteiger partial charge in [-0.05, 0) is 50.1 Å². The van der Waals surface area contributed by atoms with Crippen LogP contribution in [0.25, 0.3) is 6.08 Å². The Morgan fingerprint density at radius 2 is 2.04 bits per heavy atom. The first-order chi connectivity index (χ1) is 12.4. The van der Waals surface area contributed by atoms with Crippen molar-refractivity contribution in [2.75, 3.05) is 13.1 Å². The van der Waals surface area contributed by atoms with Gasteiger partial charge in [-0.25, -0.2) is 0 Å². The normalized spacial score (nSPS) is 16.0. The Morgan fingerprint density at radius 3 is 2.65 bits per heavy atom. The van der Waals surface area contributed by atoms with Crippen LogP contribution in [0.4, 0.5) is 4.79 Å². The lowest BCUT2D eigenvalue weighted by molar-refractivity contribution is -0.122. The molecule has 26 heavy (non-hydrogen) atoms. The molecule has 136 valence electrons. The van der Waals surface area contributed by atoms with E-state index >= 15 is 0 Å². The van der Waals surface area contributed by atoms with E-state index in [4.69, 9.17) is 4.42 Å². The molecule has 0 saturated carbocycles. The second kappa shape index (κ2) is 7.51. The molecule has 3 rings (SSSR count). The van der Waals surface area contributed by atoms with Gasteiger partial charge in [0.25, 0.3) is 17.1 Å². The molecule has 0 unspecified atom stereocenters. The van der Waals surface area contributed by atoms with Gasteiger partial charge in [0.1, 0.15) is 11.5 Å². The van der Waals surface area contributed by atoms with Crippen LogP contribution in [0.2, 0.25) is 0 Å². The summed E-state index contributed by atoms with van der Waals surface area (Å²) < 4.78 is 5.45. The molecular formula is C18H18N2O4S2. The number of nitrogens with zero attached hydrogens (tertiary/aromatic N) is 1. The Hall–Kier alpha value is -2.32. The molecule has 0 bridgehead atoms. The van der Waals surface area contributed by atoms with Gasteiger partial charge >= 0.3 is 0 Å². The van der Waals surface area contributed by atoms with Gasteiger partial charge in [0.2, 0.25) is 0 Å². The fourth-order valence-electron chi connectivity index (χ4n) is 2.69. The molecule has 8 heteroatoms. The second-order valence-corrected chi connectivity index (χ2v) is 7.79. The summed E-state index contributed by atoms with van der Waals surface area (Å²) in [6.45, 7) is 5.69. The molecule has 1 N–H and O–H groups in total. The number of furan rings is 1. The fraction of sp³-hybridized carbons (Fsp3) is 0.278. The van der Waals surface area contributed by atoms with E-state index in [0.29, 0.717) is 22.0 Å². The summed E-state index contributed by atoms with van der Waals surface area (Å²) in [6, 6.07) is 3.77. The summed E-state index contributed by atoms with van der Waals surface area (Å²) in [4.78, 5) is 39.3. The number of hydrogen-bond acceptors (Lipinski definition) is 6. The third kappa shape index (κ3) is 3.61. The number of aryl methyl sites for hydroxylation is 2. The van der Waals surface area contributed by atoms with E-state index < -0.39 is 0 Å². The summed E-state index contributed by atoms with van der Waals surface area (Å²) in [7, 11) is 0. The van der Waals surface area contributed by atoms with Crippen LogP contribution in [0.3, 0.4) is 0 Å². The molecule has 1 aliphatic rings. The SMILES string of the molecule is Cc1oc(C)c(C(=O)NCCN2C(=O)S/C(=C\c3cccs3)C2=O)c1C. The number of nitrogens with one attached hydrogen (secondary N) is 1. The molecule has 1 fully saturated rings. The maximum absolute atomic E-state index is 12.4. The zero-order valence-corrected chi connectivity index (χ0v) is 16.3. The maximum Gasteiger partial charge on any atom is 0.293 e. The van der Waals surface area contributed by atoms with Crippen LogP contribution in [0.15, 0.2) is 26.8 Å². The lowest BCUT2D eigenvalue weighted by Gasteiger charge is -2.13. The van der Waals surface area contributed by atoms with Crippen LogP contribution in [0.5, 0.6) is 0 Å². The molecule has 1 saturated heterocycles. The summed E-state index contributed by atoms with van der Waals surface area (Å²) in [5.41, 5.74) is 1.30. The number of carbonyl (C=O) groups is 3. The smallest absolute Gasteiger partial charge is 0.293 e. The molecule has 3 amide bonds. The quantitative estimate of drug-likeness (QED) is 0.787. The van der Waals surface area contributed by atoms with Crippen LogP contribution >= 0.6 is 23.1 Å². The molecule has 2 aromatic rings. The predicted octanol–water partition coefficient (Wildman–Crippen LogP) is 3.73. The van der Waals surface area contributed by atoms with E-state index in [1.165, 1.54) is 11.3 Å². The topological polar surface area (TPSA) is 79.6 Å². The van der Waals surface area contributed by atoms with Gasteiger partial charge in [0, 0.05) is 23.5 Å². The van der Waals surface area contributed by atoms with Crippen LogP contribution < -0.4 is 5.32 Å². The average Bonchev–Trinajstić information content (AvgIpc) is 3.24. The van der Waals surface area contributed by atoms with E-state index in [1.54, 1.807) is 19.9 Å². The standard InChI is InChI=1S/C18H18N2O4S2/c1-10-11(2)24-12(3)15(10)16(21)19-6-7-20-17(22)14(26-18(20)23)9-13-5-4-8-25-13/h4-5,8-9H,6-7H2,1-3H3,(H,19,21)/b14-9-. The molecule has 0 spiro atoms. The average molecular weight is 390 g/mol. The van der Waals surface area contributed by atoms with Crippen molar-refractivity contribution in [3.8, 4) is 0 Å². The highest BCUT2D eigenvalue weighted by Gasteiger charge is 2.34. The van der Waals surface area contributed by atoms with Crippen molar-refractivity contribution in [3.63, 3.8) is 0 Å². The summed E-state index contributed by atoms with van der Waals surface area (Å²) >= 11 is 2.42. The molecule has 6 nitrogen and oxygen atoms in total. The first kappa shape index (κ1) is 18.5. The van der Waals surface area contributed by atoms with Crippen LogP contribution in [0.1, 0.15) is 32.3 Å². The number of hydrogen-bond donors (Lipinski definition) is 1. The van der Waals surface area contributed by atoms with Gasteiger partial charge in [0.05, 0.1) is 10.5 Å². The van der Waals surface area contributed by atoms with Gasteiger partial charge in [-0.3, -0.25) is 19.3 Å². The minimum absolute atomic E-state index is 0.132. The summed E-state index contributed by atoms with van der Waals surface area (Å²) in [5.74, 6) is 0.673. The first-order valence-corrected chi connectivity index (χ1v) is 9.71. The fourth-order valence-corrected chi connectivity index (χ4v) is 4.28. The van der Waals surface area contributed by atoms with Gasteiger partial charge < -0.3 is 9.73 Å². The van der Waals surface area contributed by atoms with Crippen molar-refractivity contribution in [1.82, 2.24) is 10.2 Å². The van der Waals surface area contributed by atoms with Crippen molar-refractivity contribution in [2.24, 2.45) is 0 Å². The number of rotatable bonds is 5. The third-order valence-corrected chi connectivity index (χ3v) is 5.83. The highest BCUT2D eigenvalue weighted by Crippen LogP contribution is 2.32. The van der Waals surface area contributed by atoms with Gasteiger partial charge in [0.15, 0.2) is 0 Å². The molecule has 3 heterocycles. The minimum Gasteiger partial charge on any atom is -0.466 e. The molecule has 1 aliphatic heterocycles. The third-order valence-electron chi connectivity index (χ3n) is 4.10. The van der Waals surface area contributed by atoms with E-state index in [9.17, 15) is 14.4 Å². The minimum atomic E-state index is -0.325. The van der Waals surface area contributed by atoms with Crippen LogP contribution in [-0.4, -0.2) is 35.0 Å². The molecular weight excluding hydrogens is 372 g/mol. The zero-order valence-electron chi connectivity index (χ0n) is 14.6. The number of imide groups is 1. The Kier molecular flexibility index (Phi) is 5.33. The summed E-state index contributed by atoms with van der Waals surface area (Å²) in [6.07, 6.45) is 1.72. The lowest BCUT2D eigenvalue weighted by Crippen LogP contribution is -2.37. The first-order valence-electron chi connectivity index (χ1n) is 8.02. The maximum atomic E-state index is 12.4. The van der Waals surface area contributed by atoms with Crippen molar-refractivity contribution in [3.05, 3.63) is 49.9 Å². The van der Waals surface area contributed by atoms with Crippen LogP contribution in [-0.2, 0) is 4.79 Å². The highest BCUT2D eigenvalue weighted by molar-refractivity contribution is 8.18. The molecule has 0 aromatic carbocycles. The molecule has 0 radical (unpaired) electrons. The number of thiophene rings is 1.